The Kier molecular flexibility index (Phi) is 6.85. The van der Waals surface area contributed by atoms with E-state index in [0.717, 1.165) is 17.4 Å². The first-order valence-corrected chi connectivity index (χ1v) is 14.8. The third kappa shape index (κ3) is 5.03. The number of amides is 1. The second-order valence-corrected chi connectivity index (χ2v) is 13.7. The van der Waals surface area contributed by atoms with Crippen molar-refractivity contribution >= 4 is 54.0 Å². The molecular weight excluding hydrogens is 569 g/mol. The number of pyridine rings is 1. The van der Waals surface area contributed by atoms with Gasteiger partial charge < -0.3 is 15.2 Å². The number of thiazole rings is 1. The van der Waals surface area contributed by atoms with Crippen molar-refractivity contribution in [3.05, 3.63) is 56.7 Å². The number of anilines is 1. The molecule has 4 aromatic rings. The minimum absolute atomic E-state index is 0.0734. The maximum absolute atomic E-state index is 14.0. The Morgan fingerprint density at radius 1 is 1.12 bits per heavy atom. The molecule has 40 heavy (non-hydrogen) atoms. The van der Waals surface area contributed by atoms with E-state index in [4.69, 9.17) is 0 Å². The molecule has 1 fully saturated rings. The van der Waals surface area contributed by atoms with Gasteiger partial charge in [-0.15, -0.1) is 11.3 Å². The van der Waals surface area contributed by atoms with Gasteiger partial charge in [-0.05, 0) is 52.0 Å². The Morgan fingerprint density at radius 2 is 1.80 bits per heavy atom. The molecule has 1 amide bonds. The summed E-state index contributed by atoms with van der Waals surface area (Å²) in [5.41, 5.74) is -1.37. The van der Waals surface area contributed by atoms with Gasteiger partial charge in [0, 0.05) is 18.8 Å². The molecule has 4 heterocycles. The second-order valence-electron chi connectivity index (χ2n) is 9.93. The number of H-pyrrole nitrogens is 1. The minimum Gasteiger partial charge on any atom is -0.377 e. The highest BCUT2D eigenvalue weighted by molar-refractivity contribution is 7.92. The fourth-order valence-electron chi connectivity index (χ4n) is 4.78. The Bertz CT molecular complexity index is 1800. The van der Waals surface area contributed by atoms with E-state index in [1.54, 1.807) is 32.0 Å². The van der Waals surface area contributed by atoms with Crippen LogP contribution >= 0.6 is 11.3 Å². The van der Waals surface area contributed by atoms with Gasteiger partial charge in [0.1, 0.15) is 5.82 Å². The van der Waals surface area contributed by atoms with Crippen molar-refractivity contribution in [2.75, 3.05) is 18.4 Å². The van der Waals surface area contributed by atoms with Gasteiger partial charge in [0.15, 0.2) is 20.4 Å². The van der Waals surface area contributed by atoms with E-state index >= 15 is 0 Å². The molecular formula is C25H25F3N6O4S2. The number of benzene rings is 1. The molecule has 15 heteroatoms. The van der Waals surface area contributed by atoms with Crippen LogP contribution in [0, 0.1) is 6.92 Å². The molecule has 3 atom stereocenters. The molecule has 0 saturated carbocycles. The zero-order chi connectivity index (χ0) is 29.1. The van der Waals surface area contributed by atoms with Crippen molar-refractivity contribution in [3.8, 4) is 0 Å². The lowest BCUT2D eigenvalue weighted by atomic mass is 10.1. The van der Waals surface area contributed by atoms with E-state index in [1.807, 2.05) is 0 Å². The van der Waals surface area contributed by atoms with E-state index < -0.39 is 43.7 Å². The smallest absolute Gasteiger partial charge is 0.377 e. The summed E-state index contributed by atoms with van der Waals surface area (Å²) in [5, 5.41) is 1.82. The van der Waals surface area contributed by atoms with Gasteiger partial charge in [-0.25, -0.2) is 23.4 Å². The number of aromatic nitrogens is 4. The van der Waals surface area contributed by atoms with Crippen molar-refractivity contribution in [1.82, 2.24) is 24.8 Å². The average Bonchev–Trinajstić information content (AvgIpc) is 3.29. The van der Waals surface area contributed by atoms with Crippen molar-refractivity contribution in [3.63, 3.8) is 0 Å². The summed E-state index contributed by atoms with van der Waals surface area (Å²) >= 11 is 1.11. The minimum atomic E-state index is -4.73. The average molecular weight is 595 g/mol. The quantitative estimate of drug-likeness (QED) is 0.361. The number of aryl methyl sites for hydroxylation is 1. The Balaban J connectivity index is 1.43. The number of rotatable bonds is 4. The number of aromatic amines is 1. The lowest BCUT2D eigenvalue weighted by Crippen LogP contribution is -2.52. The first-order chi connectivity index (χ1) is 18.6. The van der Waals surface area contributed by atoms with Gasteiger partial charge in [-0.1, -0.05) is 0 Å². The molecule has 1 aliphatic rings. The molecule has 2 unspecified atom stereocenters. The summed E-state index contributed by atoms with van der Waals surface area (Å²) in [4.78, 5) is 41.8. The molecule has 2 N–H and O–H groups in total. The molecule has 1 saturated heterocycles. The highest BCUT2D eigenvalue weighted by Crippen LogP contribution is 2.36. The molecule has 3 aromatic heterocycles. The van der Waals surface area contributed by atoms with Crippen molar-refractivity contribution in [2.24, 2.45) is 0 Å². The number of carbonyl (C=O) groups excluding carboxylic acids is 1. The van der Waals surface area contributed by atoms with Crippen molar-refractivity contribution in [2.45, 2.75) is 50.4 Å². The van der Waals surface area contributed by atoms with E-state index in [2.05, 4.69) is 25.3 Å². The van der Waals surface area contributed by atoms with Crippen molar-refractivity contribution < 1.29 is 26.4 Å². The van der Waals surface area contributed by atoms with Crippen molar-refractivity contribution in [1.29, 1.82) is 0 Å². The van der Waals surface area contributed by atoms with E-state index in [9.17, 15) is 31.2 Å². The van der Waals surface area contributed by atoms with Gasteiger partial charge in [-0.3, -0.25) is 9.59 Å². The molecule has 0 bridgehead atoms. The zero-order valence-electron chi connectivity index (χ0n) is 21.8. The summed E-state index contributed by atoms with van der Waals surface area (Å²) < 4.78 is 67.1. The van der Waals surface area contributed by atoms with Gasteiger partial charge in [-0.2, -0.15) is 13.2 Å². The third-order valence-electron chi connectivity index (χ3n) is 6.86. The van der Waals surface area contributed by atoms with Crippen LogP contribution in [0.4, 0.5) is 18.9 Å². The number of nitrogens with zero attached hydrogens (tertiary/aromatic N) is 4. The molecule has 5 rings (SSSR count). The number of carbonyl (C=O) groups is 1. The number of alkyl halides is 3. The molecule has 1 aromatic carbocycles. The van der Waals surface area contributed by atoms with Crippen LogP contribution in [-0.4, -0.2) is 62.8 Å². The fourth-order valence-corrected chi connectivity index (χ4v) is 7.32. The Labute approximate surface area is 230 Å². The molecule has 212 valence electrons. The van der Waals surface area contributed by atoms with E-state index in [1.165, 1.54) is 18.7 Å². The number of hydrogen-bond donors (Lipinski definition) is 2. The van der Waals surface area contributed by atoms with E-state index in [0.29, 0.717) is 15.9 Å². The highest BCUT2D eigenvalue weighted by atomic mass is 32.2. The topological polar surface area (TPSA) is 138 Å². The van der Waals surface area contributed by atoms with Crippen LogP contribution in [0.15, 0.2) is 29.1 Å². The summed E-state index contributed by atoms with van der Waals surface area (Å²) in [6.07, 6.45) is -4.73. The second kappa shape index (κ2) is 9.80. The number of nitrogens with one attached hydrogen (secondary N) is 2. The van der Waals surface area contributed by atoms with Gasteiger partial charge in [0.2, 0.25) is 0 Å². The van der Waals surface area contributed by atoms with Gasteiger partial charge >= 0.3 is 6.18 Å². The molecule has 1 aliphatic heterocycles. The van der Waals surface area contributed by atoms with Crippen LogP contribution in [0.3, 0.4) is 0 Å². The van der Waals surface area contributed by atoms with Gasteiger partial charge in [0.25, 0.3) is 11.5 Å². The monoisotopic (exact) mass is 594 g/mol. The summed E-state index contributed by atoms with van der Waals surface area (Å²) in [6, 6.07) is 4.80. The van der Waals surface area contributed by atoms with Crippen LogP contribution in [0.25, 0.3) is 21.3 Å². The predicted octanol–water partition coefficient (Wildman–Crippen LogP) is 4.08. The predicted molar refractivity (Wildman–Crippen MR) is 145 cm³/mol. The maximum atomic E-state index is 14.0. The largest absolute Gasteiger partial charge is 0.418 e. The number of halogens is 3. The molecule has 0 spiro atoms. The van der Waals surface area contributed by atoms with Crippen LogP contribution in [0.5, 0.6) is 0 Å². The number of hydrogen-bond acceptors (Lipinski definition) is 9. The highest BCUT2D eigenvalue weighted by Gasteiger charge is 2.39. The third-order valence-corrected chi connectivity index (χ3v) is 10.4. The molecule has 0 aliphatic carbocycles. The standard InChI is InChI=1S/C25H25F3N6O4S2/c1-11-9-34(10-12(2)40(11,37)38)24(36)23-32-17-6-5-15(7-19(17)39-23)29-13(3)20-16(25(26,27)28)8-18-21(33-20)22(35)31-14(4)30-18/h5-8,11-13,29H,9-10H2,1-4H3,(H,30,31,35)/t11?,12?,13-/m0/s1. The summed E-state index contributed by atoms with van der Waals surface area (Å²) in [7, 11) is -3.30. The normalized spacial score (nSPS) is 20.1. The SMILES string of the molecule is Cc1nc2cc(C(F)(F)F)c([C@H](C)Nc3ccc4nc(C(=O)N5CC(C)S(=O)(=O)C(C)C5)sc4c3)nc2c(=O)[nH]1. The first-order valence-electron chi connectivity index (χ1n) is 12.3. The fraction of sp³-hybridized carbons (Fsp3) is 0.400. The Morgan fingerprint density at radius 3 is 2.45 bits per heavy atom. The lowest BCUT2D eigenvalue weighted by molar-refractivity contribution is -0.138. The zero-order valence-corrected chi connectivity index (χ0v) is 23.5. The Hall–Kier alpha value is -3.59. The van der Waals surface area contributed by atoms with Crippen LogP contribution in [0.1, 0.15) is 53.7 Å². The number of fused-ring (bicyclic) bond motifs is 2. The van der Waals surface area contributed by atoms with Crippen LogP contribution in [-0.2, 0) is 16.0 Å². The van der Waals surface area contributed by atoms with Crippen LogP contribution < -0.4 is 10.9 Å². The maximum Gasteiger partial charge on any atom is 0.418 e. The number of sulfone groups is 1. The molecule has 0 radical (unpaired) electrons. The van der Waals surface area contributed by atoms with Gasteiger partial charge in [0.05, 0.1) is 43.5 Å². The van der Waals surface area contributed by atoms with Crippen LogP contribution in [0.2, 0.25) is 0 Å². The van der Waals surface area contributed by atoms with E-state index in [-0.39, 0.29) is 46.6 Å². The lowest BCUT2D eigenvalue weighted by Gasteiger charge is -2.34. The summed E-state index contributed by atoms with van der Waals surface area (Å²) in [6.45, 7) is 6.26. The first kappa shape index (κ1) is 28.0. The molecule has 10 nitrogen and oxygen atoms in total. The summed E-state index contributed by atoms with van der Waals surface area (Å²) in [5.74, 6) is -0.196.